The number of nitrogens with zero attached hydrogens (tertiary/aromatic N) is 3. The third-order valence-electron chi connectivity index (χ3n) is 5.27. The van der Waals surface area contributed by atoms with E-state index >= 15 is 0 Å². The highest BCUT2D eigenvalue weighted by atomic mass is 32.2. The zero-order valence-corrected chi connectivity index (χ0v) is 14.9. The molecule has 1 aliphatic carbocycles. The Morgan fingerprint density at radius 3 is 2.35 bits per heavy atom. The maximum absolute atomic E-state index is 12.0. The molecule has 1 saturated carbocycles. The summed E-state index contributed by atoms with van der Waals surface area (Å²) in [6, 6.07) is 4.07. The molecule has 0 bridgehead atoms. The first-order valence-corrected chi connectivity index (χ1v) is 10.5. The van der Waals surface area contributed by atoms with Gasteiger partial charge in [-0.15, -0.1) is 0 Å². The molecule has 0 amide bonds. The van der Waals surface area contributed by atoms with E-state index in [0.717, 1.165) is 32.1 Å². The van der Waals surface area contributed by atoms with Crippen molar-refractivity contribution in [1.29, 1.82) is 0 Å². The van der Waals surface area contributed by atoms with Crippen LogP contribution in [0.3, 0.4) is 0 Å². The van der Waals surface area contributed by atoms with E-state index in [1.165, 1.54) is 31.9 Å². The summed E-state index contributed by atoms with van der Waals surface area (Å²) in [7, 11) is -3.24. The van der Waals surface area contributed by atoms with Gasteiger partial charge in [0.15, 0.2) is 9.84 Å². The zero-order chi connectivity index (χ0) is 16.4. The highest BCUT2D eigenvalue weighted by Crippen LogP contribution is 2.29. The first kappa shape index (κ1) is 16.7. The molecule has 0 unspecified atom stereocenters. The minimum absolute atomic E-state index is 0.347. The van der Waals surface area contributed by atoms with Crippen LogP contribution in [0, 0.1) is 5.92 Å². The molecule has 0 spiro atoms. The molecule has 2 aliphatic rings. The quantitative estimate of drug-likeness (QED) is 0.846. The maximum atomic E-state index is 12.0. The number of sulfone groups is 1. The summed E-state index contributed by atoms with van der Waals surface area (Å²) in [5, 5.41) is 0. The van der Waals surface area contributed by atoms with Gasteiger partial charge in [-0.2, -0.15) is 0 Å². The first-order valence-electron chi connectivity index (χ1n) is 8.59. The lowest BCUT2D eigenvalue weighted by molar-refractivity contribution is 0.132. The van der Waals surface area contributed by atoms with E-state index in [9.17, 15) is 8.42 Å². The number of hydrogen-bond acceptors (Lipinski definition) is 5. The summed E-state index contributed by atoms with van der Waals surface area (Å²) in [5.74, 6) is 1.49. The van der Waals surface area contributed by atoms with E-state index in [4.69, 9.17) is 0 Å². The molecule has 1 aromatic heterocycles. The van der Waals surface area contributed by atoms with Crippen molar-refractivity contribution < 1.29 is 8.42 Å². The molecule has 0 aromatic carbocycles. The Morgan fingerprint density at radius 1 is 1.09 bits per heavy atom. The van der Waals surface area contributed by atoms with Crippen LogP contribution in [0.5, 0.6) is 0 Å². The molecule has 0 N–H and O–H groups in total. The van der Waals surface area contributed by atoms with E-state index in [2.05, 4.69) is 21.7 Å². The van der Waals surface area contributed by atoms with Crippen LogP contribution in [0.1, 0.15) is 32.6 Å². The first-order chi connectivity index (χ1) is 10.9. The smallest absolute Gasteiger partial charge is 0.179 e. The van der Waals surface area contributed by atoms with Gasteiger partial charge < -0.3 is 4.90 Å². The maximum Gasteiger partial charge on any atom is 0.179 e. The summed E-state index contributed by atoms with van der Waals surface area (Å²) in [5.41, 5.74) is 0. The highest BCUT2D eigenvalue weighted by molar-refractivity contribution is 7.90. The third kappa shape index (κ3) is 3.86. The average Bonchev–Trinajstić information content (AvgIpc) is 2.55. The van der Waals surface area contributed by atoms with Crippen LogP contribution in [-0.2, 0) is 9.84 Å². The van der Waals surface area contributed by atoms with E-state index in [0.29, 0.717) is 16.8 Å². The van der Waals surface area contributed by atoms with Gasteiger partial charge in [0.1, 0.15) is 10.7 Å². The Hall–Kier alpha value is -1.14. The van der Waals surface area contributed by atoms with Crippen LogP contribution in [-0.4, -0.2) is 56.8 Å². The van der Waals surface area contributed by atoms with Crippen molar-refractivity contribution in [2.45, 2.75) is 43.5 Å². The lowest BCUT2D eigenvalue weighted by Crippen LogP contribution is -2.51. The van der Waals surface area contributed by atoms with Gasteiger partial charge in [0.25, 0.3) is 0 Å². The molecule has 128 valence electrons. The van der Waals surface area contributed by atoms with Crippen LogP contribution in [0.4, 0.5) is 5.82 Å². The number of rotatable bonds is 3. The van der Waals surface area contributed by atoms with E-state index in [1.54, 1.807) is 18.3 Å². The summed E-state index contributed by atoms with van der Waals surface area (Å²) >= 11 is 0. The van der Waals surface area contributed by atoms with Crippen molar-refractivity contribution in [3.05, 3.63) is 18.3 Å². The zero-order valence-electron chi connectivity index (χ0n) is 14.1. The van der Waals surface area contributed by atoms with Gasteiger partial charge >= 0.3 is 0 Å². The minimum atomic E-state index is -3.24. The van der Waals surface area contributed by atoms with Crippen molar-refractivity contribution >= 4 is 15.7 Å². The standard InChI is InChI=1S/C17H27N3O2S/c1-14-5-7-15(8-6-14)19-10-12-20(13-11-19)17-16(23(2,21)22)4-3-9-18-17/h3-4,9,14-15H,5-8,10-13H2,1-2H3. The molecule has 0 radical (unpaired) electrons. The second-order valence-electron chi connectivity index (χ2n) is 7.03. The second kappa shape index (κ2) is 6.77. The monoisotopic (exact) mass is 337 g/mol. The Bertz CT molecular complexity index is 631. The Morgan fingerprint density at radius 2 is 1.74 bits per heavy atom. The lowest BCUT2D eigenvalue weighted by Gasteiger charge is -2.42. The molecule has 5 nitrogen and oxygen atoms in total. The van der Waals surface area contributed by atoms with E-state index in [1.807, 2.05) is 0 Å². The van der Waals surface area contributed by atoms with Crippen molar-refractivity contribution in [1.82, 2.24) is 9.88 Å². The fourth-order valence-electron chi connectivity index (χ4n) is 3.82. The normalized spacial score (nSPS) is 27.1. The van der Waals surface area contributed by atoms with Crippen LogP contribution in [0.25, 0.3) is 0 Å². The summed E-state index contributed by atoms with van der Waals surface area (Å²) in [6.07, 6.45) is 8.22. The molecular formula is C17H27N3O2S. The summed E-state index contributed by atoms with van der Waals surface area (Å²) in [4.78, 5) is 9.40. The van der Waals surface area contributed by atoms with Gasteiger partial charge in [0.2, 0.25) is 0 Å². The molecule has 23 heavy (non-hydrogen) atoms. The largest absolute Gasteiger partial charge is 0.353 e. The summed E-state index contributed by atoms with van der Waals surface area (Å²) < 4.78 is 23.9. The van der Waals surface area contributed by atoms with Gasteiger partial charge in [0.05, 0.1) is 0 Å². The number of aromatic nitrogens is 1. The van der Waals surface area contributed by atoms with Crippen LogP contribution < -0.4 is 4.90 Å². The molecule has 1 aromatic rings. The highest BCUT2D eigenvalue weighted by Gasteiger charge is 2.28. The molecule has 1 saturated heterocycles. The van der Waals surface area contributed by atoms with Crippen molar-refractivity contribution in [2.24, 2.45) is 5.92 Å². The van der Waals surface area contributed by atoms with Crippen molar-refractivity contribution in [3.8, 4) is 0 Å². The van der Waals surface area contributed by atoms with Crippen LogP contribution in [0.2, 0.25) is 0 Å². The second-order valence-corrected chi connectivity index (χ2v) is 9.02. The molecule has 2 fully saturated rings. The Labute approximate surface area is 139 Å². The molecule has 0 atom stereocenters. The molecule has 2 heterocycles. The minimum Gasteiger partial charge on any atom is -0.353 e. The average molecular weight is 337 g/mol. The SMILES string of the molecule is CC1CCC(N2CCN(c3ncccc3S(C)(=O)=O)CC2)CC1. The third-order valence-corrected chi connectivity index (χ3v) is 6.38. The number of pyridine rings is 1. The van der Waals surface area contributed by atoms with Crippen molar-refractivity contribution in [3.63, 3.8) is 0 Å². The van der Waals surface area contributed by atoms with Gasteiger partial charge in [-0.05, 0) is 43.7 Å². The number of piperazine rings is 1. The summed E-state index contributed by atoms with van der Waals surface area (Å²) in [6.45, 7) is 6.05. The topological polar surface area (TPSA) is 53.5 Å². The van der Waals surface area contributed by atoms with Gasteiger partial charge in [0, 0.05) is 44.7 Å². The Balaban J connectivity index is 1.66. The van der Waals surface area contributed by atoms with E-state index in [-0.39, 0.29) is 0 Å². The van der Waals surface area contributed by atoms with Crippen molar-refractivity contribution in [2.75, 3.05) is 37.3 Å². The predicted molar refractivity (Wildman–Crippen MR) is 92.6 cm³/mol. The fraction of sp³-hybridized carbons (Fsp3) is 0.706. The number of hydrogen-bond donors (Lipinski definition) is 0. The van der Waals surface area contributed by atoms with Crippen LogP contribution in [0.15, 0.2) is 23.2 Å². The lowest BCUT2D eigenvalue weighted by atomic mass is 9.86. The Kier molecular flexibility index (Phi) is 4.92. The van der Waals surface area contributed by atoms with Crippen LogP contribution >= 0.6 is 0 Å². The molecule has 1 aliphatic heterocycles. The van der Waals surface area contributed by atoms with Gasteiger partial charge in [-0.25, -0.2) is 13.4 Å². The fourth-order valence-corrected chi connectivity index (χ4v) is 4.65. The molecule has 6 heteroatoms. The van der Waals surface area contributed by atoms with Gasteiger partial charge in [-0.1, -0.05) is 6.92 Å². The molecule has 3 rings (SSSR count). The number of anilines is 1. The van der Waals surface area contributed by atoms with E-state index < -0.39 is 9.84 Å². The molecular weight excluding hydrogens is 310 g/mol. The van der Waals surface area contributed by atoms with Gasteiger partial charge in [-0.3, -0.25) is 4.90 Å². The predicted octanol–water partition coefficient (Wildman–Crippen LogP) is 2.19.